The summed E-state index contributed by atoms with van der Waals surface area (Å²) in [4.78, 5) is 0. The monoisotopic (exact) mass is 217 g/mol. The van der Waals surface area contributed by atoms with Crippen molar-refractivity contribution in [1.82, 2.24) is 15.6 Å². The first-order valence-corrected chi connectivity index (χ1v) is 5.10. The molecule has 0 amide bonds. The van der Waals surface area contributed by atoms with Crippen LogP contribution in [-0.2, 0) is 0 Å². The number of aliphatic hydroxyl groups excluding tert-OH is 3. The Labute approximate surface area is 89.4 Å². The molecule has 0 saturated heterocycles. The highest BCUT2D eigenvalue weighted by atomic mass is 16.3. The van der Waals surface area contributed by atoms with Crippen molar-refractivity contribution in [2.45, 2.75) is 6.42 Å². The summed E-state index contributed by atoms with van der Waals surface area (Å²) in [5, 5.41) is 30.1. The van der Waals surface area contributed by atoms with E-state index in [9.17, 15) is 0 Å². The van der Waals surface area contributed by atoms with Crippen molar-refractivity contribution in [3.05, 3.63) is 11.8 Å². The molecule has 0 radical (unpaired) electrons. The number of aliphatic hydroxyl groups is 3. The predicted molar refractivity (Wildman–Crippen MR) is 55.4 cm³/mol. The lowest BCUT2D eigenvalue weighted by molar-refractivity contribution is 0.0254. The van der Waals surface area contributed by atoms with Crippen LogP contribution in [0.1, 0.15) is 6.42 Å². The van der Waals surface area contributed by atoms with Crippen LogP contribution in [0.5, 0.6) is 0 Å². The Balaban J connectivity index is 2.53. The second kappa shape index (κ2) is 6.76. The number of rotatable bonds is 6. The largest absolute Gasteiger partial charge is 0.396 e. The van der Waals surface area contributed by atoms with Gasteiger partial charge in [-0.2, -0.15) is 5.53 Å². The zero-order valence-electron chi connectivity index (χ0n) is 8.76. The van der Waals surface area contributed by atoms with Gasteiger partial charge in [0, 0.05) is 25.9 Å². The van der Waals surface area contributed by atoms with E-state index in [1.807, 2.05) is 11.2 Å². The highest BCUT2D eigenvalue weighted by Gasteiger charge is 2.15. The fraction of sp³-hybridized carbons (Fsp3) is 0.778. The first kappa shape index (κ1) is 12.4. The first-order valence-electron chi connectivity index (χ1n) is 5.10. The zero-order chi connectivity index (χ0) is 11.1. The van der Waals surface area contributed by atoms with Gasteiger partial charge >= 0.3 is 0 Å². The molecule has 6 nitrogen and oxygen atoms in total. The van der Waals surface area contributed by atoms with Crippen molar-refractivity contribution in [2.75, 3.05) is 39.5 Å². The Morgan fingerprint density at radius 3 is 2.47 bits per heavy atom. The van der Waals surface area contributed by atoms with Gasteiger partial charge in [0.1, 0.15) is 0 Å². The summed E-state index contributed by atoms with van der Waals surface area (Å²) < 4.78 is 0. The fourth-order valence-electron chi connectivity index (χ4n) is 1.51. The number of hydrogen-bond donors (Lipinski definition) is 4. The molecule has 1 rings (SSSR count). The van der Waals surface area contributed by atoms with Crippen molar-refractivity contribution < 1.29 is 15.3 Å². The Morgan fingerprint density at radius 1 is 1.13 bits per heavy atom. The van der Waals surface area contributed by atoms with E-state index >= 15 is 0 Å². The lowest BCUT2D eigenvalue weighted by Crippen LogP contribution is -2.53. The lowest BCUT2D eigenvalue weighted by Gasteiger charge is -2.35. The van der Waals surface area contributed by atoms with Gasteiger partial charge in [-0.3, -0.25) is 5.01 Å². The van der Waals surface area contributed by atoms with Crippen LogP contribution in [0, 0.1) is 0 Å². The number of hydrogen-bond acceptors (Lipinski definition) is 6. The second-order valence-corrected chi connectivity index (χ2v) is 3.42. The highest BCUT2D eigenvalue weighted by molar-refractivity contribution is 5.05. The summed E-state index contributed by atoms with van der Waals surface area (Å²) in [7, 11) is 0. The van der Waals surface area contributed by atoms with Crippen LogP contribution in [0.25, 0.3) is 0 Å². The van der Waals surface area contributed by atoms with E-state index in [-0.39, 0.29) is 19.8 Å². The molecule has 0 fully saturated rings. The molecule has 6 heteroatoms. The minimum absolute atomic E-state index is 0.0584. The van der Waals surface area contributed by atoms with Gasteiger partial charge < -0.3 is 15.3 Å². The molecular formula is C9H19N3O3. The molecule has 1 heterocycles. The smallest absolute Gasteiger partial charge is 0.0622 e. The molecule has 0 aromatic rings. The molecular weight excluding hydrogens is 198 g/mol. The number of hydrazine groups is 2. The average Bonchev–Trinajstić information content (AvgIpc) is 2.19. The Kier molecular flexibility index (Phi) is 5.59. The van der Waals surface area contributed by atoms with Crippen LogP contribution in [0.4, 0.5) is 0 Å². The van der Waals surface area contributed by atoms with Crippen LogP contribution >= 0.6 is 0 Å². The third-order valence-corrected chi connectivity index (χ3v) is 2.15. The SMILES string of the molecule is OCCC1=CN(CCO)NN(CCO)C1. The molecule has 0 atom stereocenters. The quantitative estimate of drug-likeness (QED) is 0.424. The summed E-state index contributed by atoms with van der Waals surface area (Å²) in [6.45, 7) is 1.94. The number of nitrogens with zero attached hydrogens (tertiary/aromatic N) is 2. The maximum Gasteiger partial charge on any atom is 0.0622 e. The van der Waals surface area contributed by atoms with Gasteiger partial charge in [-0.15, -0.1) is 0 Å². The zero-order valence-corrected chi connectivity index (χ0v) is 8.76. The van der Waals surface area contributed by atoms with E-state index in [0.29, 0.717) is 26.1 Å². The van der Waals surface area contributed by atoms with E-state index in [4.69, 9.17) is 15.3 Å². The predicted octanol–water partition coefficient (Wildman–Crippen LogP) is -1.73. The van der Waals surface area contributed by atoms with Crippen LogP contribution in [0.3, 0.4) is 0 Å². The molecule has 0 spiro atoms. The van der Waals surface area contributed by atoms with E-state index in [0.717, 1.165) is 5.57 Å². The van der Waals surface area contributed by atoms with Crippen molar-refractivity contribution in [3.63, 3.8) is 0 Å². The van der Waals surface area contributed by atoms with E-state index in [1.165, 1.54) is 0 Å². The number of nitrogens with one attached hydrogen (secondary N) is 1. The maximum atomic E-state index is 8.85. The summed E-state index contributed by atoms with van der Waals surface area (Å²) in [6.07, 6.45) is 2.51. The van der Waals surface area contributed by atoms with E-state index in [2.05, 4.69) is 5.53 Å². The van der Waals surface area contributed by atoms with Crippen molar-refractivity contribution in [3.8, 4) is 0 Å². The Hall–Kier alpha value is -0.660. The highest BCUT2D eigenvalue weighted by Crippen LogP contribution is 2.09. The van der Waals surface area contributed by atoms with Gasteiger partial charge in [-0.05, 0) is 12.0 Å². The lowest BCUT2D eigenvalue weighted by atomic mass is 10.2. The summed E-state index contributed by atoms with van der Waals surface area (Å²) in [6, 6.07) is 0. The second-order valence-electron chi connectivity index (χ2n) is 3.42. The molecule has 0 unspecified atom stereocenters. The van der Waals surface area contributed by atoms with Crippen LogP contribution in [0.2, 0.25) is 0 Å². The minimum Gasteiger partial charge on any atom is -0.396 e. The molecule has 15 heavy (non-hydrogen) atoms. The van der Waals surface area contributed by atoms with Crippen LogP contribution in [-0.4, -0.2) is 64.8 Å². The van der Waals surface area contributed by atoms with Gasteiger partial charge in [0.25, 0.3) is 0 Å². The van der Waals surface area contributed by atoms with Gasteiger partial charge in [0.05, 0.1) is 19.8 Å². The Morgan fingerprint density at radius 2 is 1.87 bits per heavy atom. The van der Waals surface area contributed by atoms with Crippen LogP contribution in [0.15, 0.2) is 11.8 Å². The first-order chi connectivity index (χ1) is 7.30. The average molecular weight is 217 g/mol. The minimum atomic E-state index is 0.0584. The van der Waals surface area contributed by atoms with Crippen LogP contribution < -0.4 is 5.53 Å². The van der Waals surface area contributed by atoms with Crippen molar-refractivity contribution in [2.24, 2.45) is 0 Å². The fourth-order valence-corrected chi connectivity index (χ4v) is 1.51. The van der Waals surface area contributed by atoms with Gasteiger partial charge in [-0.25, -0.2) is 5.01 Å². The summed E-state index contributed by atoms with van der Waals surface area (Å²) in [5.74, 6) is 0. The summed E-state index contributed by atoms with van der Waals surface area (Å²) in [5.41, 5.74) is 4.11. The van der Waals surface area contributed by atoms with Crippen molar-refractivity contribution in [1.29, 1.82) is 0 Å². The normalized spacial score (nSPS) is 18.1. The molecule has 0 aromatic heterocycles. The van der Waals surface area contributed by atoms with E-state index < -0.39 is 0 Å². The number of β-amino-alcohol motifs (C(OH)–C–C–N with tert-alkyl or cyclic N) is 2. The Bertz CT molecular complexity index is 211. The third kappa shape index (κ3) is 4.15. The standard InChI is InChI=1S/C9H19N3O3/c13-4-1-9-7-11(2-5-14)10-12(8-9)3-6-15/h7,10,13-15H,1-6,8H2. The van der Waals surface area contributed by atoms with Crippen molar-refractivity contribution >= 4 is 0 Å². The molecule has 1 aliphatic rings. The van der Waals surface area contributed by atoms with Gasteiger partial charge in [-0.1, -0.05) is 0 Å². The molecule has 0 aliphatic carbocycles. The molecule has 88 valence electrons. The van der Waals surface area contributed by atoms with Gasteiger partial charge in [0.15, 0.2) is 0 Å². The summed E-state index contributed by atoms with van der Waals surface area (Å²) >= 11 is 0. The van der Waals surface area contributed by atoms with E-state index in [1.54, 1.807) is 5.01 Å². The maximum absolute atomic E-state index is 8.85. The molecule has 0 aromatic carbocycles. The molecule has 4 N–H and O–H groups in total. The molecule has 0 bridgehead atoms. The third-order valence-electron chi connectivity index (χ3n) is 2.15. The molecule has 1 aliphatic heterocycles. The topological polar surface area (TPSA) is 79.2 Å². The van der Waals surface area contributed by atoms with Gasteiger partial charge in [0.2, 0.25) is 0 Å². The molecule has 0 saturated carbocycles.